The number of carbonyl (C=O) groups excluding carboxylic acids is 7. The van der Waals surface area contributed by atoms with Gasteiger partial charge in [0.15, 0.2) is 29.6 Å². The van der Waals surface area contributed by atoms with Crippen LogP contribution in [0.1, 0.15) is 202 Å². The zero-order valence-electron chi connectivity index (χ0n) is 75.1. The molecule has 34 heteroatoms. The van der Waals surface area contributed by atoms with Gasteiger partial charge < -0.3 is 97.3 Å². The molecule has 2 unspecified atom stereocenters. The first-order valence-corrected chi connectivity index (χ1v) is 42.4. The Morgan fingerprint density at radius 1 is 0.771 bits per heavy atom. The van der Waals surface area contributed by atoms with Crippen LogP contribution in [0.3, 0.4) is 0 Å². The molecule has 672 valence electrons. The number of nitrogens with one attached hydrogen (secondary N) is 3. The maximum Gasteiger partial charge on any atom is 0.410 e. The molecule has 34 nitrogen and oxygen atoms in total. The Morgan fingerprint density at radius 3 is 1.81 bits per heavy atom. The summed E-state index contributed by atoms with van der Waals surface area (Å²) in [6, 6.07) is -1.18. The molecule has 6 rings (SSSR count). The number of Topliss-reactive ketones (excluding diaryl/α,β-unsaturated/α-hetero) is 1. The number of methoxy groups -OCH3 is 2. The number of hydrogen-bond acceptors (Lipinski definition) is 26. The van der Waals surface area contributed by atoms with E-state index < -0.39 is 138 Å². The minimum Gasteiger partial charge on any atom is -0.458 e. The Balaban J connectivity index is 0.000000421. The smallest absolute Gasteiger partial charge is 0.410 e. The van der Waals surface area contributed by atoms with Gasteiger partial charge in [-0.2, -0.15) is 0 Å². The van der Waals surface area contributed by atoms with E-state index in [2.05, 4.69) is 86.7 Å². The van der Waals surface area contributed by atoms with Gasteiger partial charge in [-0.05, 0) is 183 Å². The molecule has 0 aromatic heterocycles. The summed E-state index contributed by atoms with van der Waals surface area (Å²) in [5, 5.41) is 27.7. The molecule has 0 aliphatic carbocycles. The lowest BCUT2D eigenvalue weighted by molar-refractivity contribution is -0.286. The van der Waals surface area contributed by atoms with Crippen molar-refractivity contribution >= 4 is 42.1 Å². The van der Waals surface area contributed by atoms with Crippen LogP contribution in [0.2, 0.25) is 0 Å². The summed E-state index contributed by atoms with van der Waals surface area (Å²) in [6.07, 6.45) is 2.11. The lowest BCUT2D eigenvalue weighted by Crippen LogP contribution is -2.61. The number of carbonyl (C=O) groups is 7. The molecule has 0 aromatic rings. The molecule has 4 amide bonds. The van der Waals surface area contributed by atoms with Gasteiger partial charge >= 0.3 is 36.3 Å². The van der Waals surface area contributed by atoms with Crippen molar-refractivity contribution in [3.8, 4) is 0 Å². The van der Waals surface area contributed by atoms with Crippen LogP contribution in [0, 0.1) is 47.3 Å². The number of alkyl carbamates (subject to hydrolysis) is 2. The van der Waals surface area contributed by atoms with E-state index in [-0.39, 0.29) is 85.8 Å². The third kappa shape index (κ3) is 26.5. The van der Waals surface area contributed by atoms with E-state index >= 15 is 0 Å². The van der Waals surface area contributed by atoms with E-state index in [4.69, 9.17) is 72.6 Å². The van der Waals surface area contributed by atoms with Crippen LogP contribution < -0.4 is 16.0 Å². The zero-order valence-corrected chi connectivity index (χ0v) is 75.1. The van der Waals surface area contributed by atoms with Gasteiger partial charge in [-0.15, -0.1) is 0 Å². The van der Waals surface area contributed by atoms with Crippen molar-refractivity contribution in [3.63, 3.8) is 0 Å². The van der Waals surface area contributed by atoms with E-state index in [1.165, 1.54) is 19.1 Å². The van der Waals surface area contributed by atoms with Crippen molar-refractivity contribution < 1.29 is 100 Å². The van der Waals surface area contributed by atoms with Crippen molar-refractivity contribution in [1.29, 1.82) is 0 Å². The predicted octanol–water partition coefficient (Wildman–Crippen LogP) is 12.7. The largest absolute Gasteiger partial charge is 0.458 e. The predicted molar refractivity (Wildman–Crippen MR) is 443 cm³/mol. The fourth-order valence-corrected chi connectivity index (χ4v) is 18.4. The number of aliphatic hydroxyl groups is 1. The molecule has 25 atom stereocenters. The highest BCUT2D eigenvalue weighted by molar-refractivity contribution is 6.00. The van der Waals surface area contributed by atoms with Crippen LogP contribution in [-0.2, 0) is 76.0 Å². The van der Waals surface area contributed by atoms with Crippen molar-refractivity contribution in [2.45, 2.75) is 309 Å². The number of cyclic esters (lactones) is 3. The van der Waals surface area contributed by atoms with Crippen LogP contribution in [0.5, 0.6) is 0 Å². The fraction of sp³-hybridized carbons (Fsp3) is 0.845. The van der Waals surface area contributed by atoms with Crippen LogP contribution in [0.15, 0.2) is 46.9 Å². The number of rotatable bonds is 38. The molecule has 0 radical (unpaired) electrons. The lowest BCUT2D eigenvalue weighted by Gasteiger charge is -2.48. The summed E-state index contributed by atoms with van der Waals surface area (Å²) in [5.74, 6) is -5.14. The molecule has 5 saturated heterocycles. The fourth-order valence-electron chi connectivity index (χ4n) is 18.4. The topological polar surface area (TPSA) is 406 Å². The van der Waals surface area contributed by atoms with Crippen molar-refractivity contribution in [2.24, 2.45) is 57.6 Å². The molecule has 4 N–H and O–H groups in total. The third-order valence-corrected chi connectivity index (χ3v) is 24.9. The Bertz CT molecular complexity index is 3440. The number of azide groups is 2. The normalized spacial score (nSPS) is 32.6. The first-order valence-electron chi connectivity index (χ1n) is 42.4. The van der Waals surface area contributed by atoms with Crippen LogP contribution in [0.25, 0.3) is 20.9 Å². The molecule has 0 saturated carbocycles. The number of aliphatic hydroxyl groups excluding tert-OH is 1. The summed E-state index contributed by atoms with van der Waals surface area (Å²) < 4.78 is 80.5. The van der Waals surface area contributed by atoms with Gasteiger partial charge in [-0.1, -0.05) is 104 Å². The summed E-state index contributed by atoms with van der Waals surface area (Å²) in [6.45, 7) is 43.7. The average Bonchev–Trinajstić information content (AvgIpc) is 1.30. The van der Waals surface area contributed by atoms with Crippen LogP contribution >= 0.6 is 0 Å². The molecule has 6 heterocycles. The standard InChI is InChI=1S/C44H76N6O11.C40H69N7O10/c1-15-23-56-40(53)46-26-32-24-33(49(12)13)29(5)39(57-32)58-37(30(6)35-31(7)38(52)60-42(8,9)59-35)43(10,55-14)25-27(3)19-20-28(4)36-44(11,34(51)16-2)61-41(54)50(36)22-18-17-21-47-48-45;1-13-19-53-37(50)43-23-29-20-30(46(10)11)25(4)36(54-29)56-34-26(5)32(48)27(6)35(49)55-31(14-2)40(9)33(28(7)42-22-24(3)21-39(34,8)52-12)47(38(51)57-40)18-16-15-17-44-45-41/h15,27-30,32-34,36-37,39,51H,1,16-26H2,2-14H3,(H,46,53);13,24-31,33-34,36,42H,1,14-23H2,2-12H3,(H,43,50)/t27-,28-,29+,30-,32-,33?,34+,36+,37+,39-,43+,44+;24-,25-,26+,27-,28-,29+,30?,31-,33-,34-,36+,39-,40-/m01/s1. The van der Waals surface area contributed by atoms with Gasteiger partial charge in [0, 0.05) is 119 Å². The second-order valence-electron chi connectivity index (χ2n) is 35.1. The molecular weight excluding hydrogens is 1530 g/mol. The van der Waals surface area contributed by atoms with Crippen molar-refractivity contribution in [3.05, 3.63) is 57.5 Å². The number of esters is 2. The summed E-state index contributed by atoms with van der Waals surface area (Å²) >= 11 is 0. The van der Waals surface area contributed by atoms with Gasteiger partial charge in [-0.25, -0.2) is 24.0 Å². The van der Waals surface area contributed by atoms with Gasteiger partial charge in [0.1, 0.15) is 31.0 Å². The van der Waals surface area contributed by atoms with E-state index in [9.17, 15) is 38.7 Å². The highest BCUT2D eigenvalue weighted by atomic mass is 16.7. The van der Waals surface area contributed by atoms with Gasteiger partial charge in [0.25, 0.3) is 0 Å². The Morgan fingerprint density at radius 2 is 1.31 bits per heavy atom. The Hall–Kier alpha value is -7.07. The van der Waals surface area contributed by atoms with Crippen molar-refractivity contribution in [1.82, 2.24) is 35.6 Å². The Kier molecular flexibility index (Phi) is 39.8. The monoisotopic (exact) mass is 1670 g/mol. The molecular formula is C84H145N13O21. The second kappa shape index (κ2) is 46.3. The molecule has 5 fully saturated rings. The van der Waals surface area contributed by atoms with E-state index in [1.54, 1.807) is 58.6 Å². The molecule has 6 aliphatic rings. The average molecular weight is 1670 g/mol. The summed E-state index contributed by atoms with van der Waals surface area (Å²) in [7, 11) is 11.2. The number of ketones is 1. The van der Waals surface area contributed by atoms with E-state index in [0.29, 0.717) is 108 Å². The van der Waals surface area contributed by atoms with Gasteiger partial charge in [0.2, 0.25) is 5.79 Å². The Labute approximate surface area is 700 Å². The lowest BCUT2D eigenvalue weighted by atomic mass is 9.76. The first-order chi connectivity index (χ1) is 55.5. The molecule has 118 heavy (non-hydrogen) atoms. The number of ether oxygens (including phenoxy) is 13. The highest BCUT2D eigenvalue weighted by Gasteiger charge is 2.60. The number of hydrogen-bond donors (Lipinski definition) is 4. The summed E-state index contributed by atoms with van der Waals surface area (Å²) in [4.78, 5) is 106. The number of nitrogens with zero attached hydrogens (tertiary/aromatic N) is 10. The summed E-state index contributed by atoms with van der Waals surface area (Å²) in [5.41, 5.74) is 13.4. The SMILES string of the molecule is C=CCOC(=O)NC[C@@H]1CC(N(C)C)[C@@H](C)[C@H](O[C@@H]2[C@@H](C)C(=O)[C@@H](C)C(=O)O[C@H](CC)[C@@]3(C)OC(=O)N(CCCCN=[N+]=[N-])[C@@H]3[C@@H](C)NC[C@H](C)C[C@@]2(C)OC)O1.C=CCOC(=O)NC[C@@H]1CC(N(C)C)[C@@H](C)[C@H](O[C@H]([C@@H](C)C2=C(C)C(=O)OC(C)(C)O2)[C@@](C)(C[C@@H](C)CC[C@H](C)[C@H]2N(CCCCN=[N+]=[N-])C(=O)O[C@]2(C)[C@H](O)CC)OC)O1. The maximum absolute atomic E-state index is 14.5. The van der Waals surface area contributed by atoms with Crippen LogP contribution in [-0.4, -0.2) is 276 Å². The highest BCUT2D eigenvalue weighted by Crippen LogP contribution is 2.46. The minimum absolute atomic E-state index is 0.00633. The first kappa shape index (κ1) is 101. The van der Waals surface area contributed by atoms with Gasteiger partial charge in [0.05, 0.1) is 59.4 Å². The second-order valence-corrected chi connectivity index (χ2v) is 35.1. The van der Waals surface area contributed by atoms with Gasteiger partial charge in [-0.3, -0.25) is 14.5 Å². The maximum atomic E-state index is 14.5. The zero-order chi connectivity index (χ0) is 88.5. The van der Waals surface area contributed by atoms with Crippen molar-refractivity contribution in [2.75, 3.05) is 101 Å². The number of unbranched alkanes of at least 4 members (excludes halogenated alkanes) is 2. The molecule has 0 bridgehead atoms. The van der Waals surface area contributed by atoms with E-state index in [0.717, 1.165) is 12.8 Å². The van der Waals surface area contributed by atoms with Crippen LogP contribution in [0.4, 0.5) is 19.2 Å². The molecule has 0 aromatic carbocycles. The van der Waals surface area contributed by atoms with E-state index in [1.807, 2.05) is 83.6 Å². The number of amides is 4. The third-order valence-electron chi connectivity index (χ3n) is 24.9. The molecule has 0 spiro atoms. The molecule has 6 aliphatic heterocycles. The minimum atomic E-state index is -1.24. The number of fused-ring (bicyclic) bond motifs is 1. The quantitative estimate of drug-likeness (QED) is 0.00652.